The second kappa shape index (κ2) is 4.94. The summed E-state index contributed by atoms with van der Waals surface area (Å²) in [5.74, 6) is 0. The second-order valence-corrected chi connectivity index (χ2v) is 5.20. The minimum absolute atomic E-state index is 0.370. The van der Waals surface area contributed by atoms with E-state index in [2.05, 4.69) is 50.1 Å². The molecule has 0 aromatic rings. The van der Waals surface area contributed by atoms with Crippen LogP contribution in [0.1, 0.15) is 27.7 Å². The zero-order valence-electron chi connectivity index (χ0n) is 10.0. The first-order valence-electron chi connectivity index (χ1n) is 5.61. The Morgan fingerprint density at radius 1 is 1.43 bits per heavy atom. The van der Waals surface area contributed by atoms with Crippen LogP contribution in [0.5, 0.6) is 0 Å². The summed E-state index contributed by atoms with van der Waals surface area (Å²) in [7, 11) is 0. The van der Waals surface area contributed by atoms with Crippen LogP contribution >= 0.6 is 0 Å². The Hall–Kier alpha value is -0.340. The van der Waals surface area contributed by atoms with Gasteiger partial charge < -0.3 is 5.32 Å². The van der Waals surface area contributed by atoms with Gasteiger partial charge in [0.15, 0.2) is 0 Å². The Kier molecular flexibility index (Phi) is 4.14. The molecule has 0 amide bonds. The first kappa shape index (κ1) is 11.7. The van der Waals surface area contributed by atoms with Crippen LogP contribution in [-0.4, -0.2) is 37.1 Å². The van der Waals surface area contributed by atoms with Crippen molar-refractivity contribution >= 4 is 0 Å². The molecule has 1 saturated heterocycles. The third-order valence-corrected chi connectivity index (χ3v) is 2.90. The molecule has 1 heterocycles. The van der Waals surface area contributed by atoms with E-state index in [1.165, 1.54) is 13.1 Å². The maximum absolute atomic E-state index is 3.60. The first-order chi connectivity index (χ1) is 6.54. The fourth-order valence-electron chi connectivity index (χ4n) is 1.81. The van der Waals surface area contributed by atoms with Crippen molar-refractivity contribution in [2.24, 2.45) is 5.41 Å². The van der Waals surface area contributed by atoms with E-state index in [4.69, 9.17) is 0 Å². The maximum atomic E-state index is 3.60. The molecule has 1 atom stereocenters. The van der Waals surface area contributed by atoms with Gasteiger partial charge in [-0.3, -0.25) is 4.90 Å². The van der Waals surface area contributed by atoms with E-state index in [0.717, 1.165) is 13.1 Å². The number of nitrogens with one attached hydrogen (secondary N) is 1. The molecular formula is C12H24N2. The van der Waals surface area contributed by atoms with Gasteiger partial charge in [-0.25, -0.2) is 0 Å². The van der Waals surface area contributed by atoms with E-state index in [1.54, 1.807) is 0 Å². The van der Waals surface area contributed by atoms with E-state index < -0.39 is 0 Å². The fraction of sp³-hybridized carbons (Fsp3) is 0.833. The molecule has 0 spiro atoms. The lowest BCUT2D eigenvalue weighted by Crippen LogP contribution is -2.55. The zero-order chi connectivity index (χ0) is 10.6. The topological polar surface area (TPSA) is 15.3 Å². The molecule has 14 heavy (non-hydrogen) atoms. The van der Waals surface area contributed by atoms with Gasteiger partial charge in [0.25, 0.3) is 0 Å². The molecule has 0 bridgehead atoms. The highest BCUT2D eigenvalue weighted by Gasteiger charge is 2.28. The van der Waals surface area contributed by atoms with Crippen molar-refractivity contribution in [3.63, 3.8) is 0 Å². The third kappa shape index (κ3) is 3.43. The average molecular weight is 196 g/mol. The van der Waals surface area contributed by atoms with E-state index in [0.29, 0.717) is 11.5 Å². The van der Waals surface area contributed by atoms with Crippen LogP contribution in [0.15, 0.2) is 12.2 Å². The van der Waals surface area contributed by atoms with E-state index in [1.807, 2.05) is 0 Å². The number of hydrogen-bond acceptors (Lipinski definition) is 2. The summed E-state index contributed by atoms with van der Waals surface area (Å²) in [6.45, 7) is 13.6. The Morgan fingerprint density at radius 3 is 2.71 bits per heavy atom. The van der Waals surface area contributed by atoms with Gasteiger partial charge in [-0.05, 0) is 12.3 Å². The van der Waals surface area contributed by atoms with Crippen molar-refractivity contribution in [1.82, 2.24) is 10.2 Å². The van der Waals surface area contributed by atoms with Crippen molar-refractivity contribution in [1.29, 1.82) is 0 Å². The molecule has 1 aliphatic rings. The van der Waals surface area contributed by atoms with E-state index >= 15 is 0 Å². The number of rotatable bonds is 2. The monoisotopic (exact) mass is 196 g/mol. The molecule has 0 aromatic carbocycles. The summed E-state index contributed by atoms with van der Waals surface area (Å²) in [6.07, 6.45) is 4.37. The molecule has 2 heteroatoms. The minimum atomic E-state index is 0.370. The quantitative estimate of drug-likeness (QED) is 0.678. The Labute approximate surface area is 88.4 Å². The summed E-state index contributed by atoms with van der Waals surface area (Å²) in [5.41, 5.74) is 0.370. The van der Waals surface area contributed by atoms with Gasteiger partial charge in [0.2, 0.25) is 0 Å². The molecule has 0 aromatic heterocycles. The highest BCUT2D eigenvalue weighted by molar-refractivity contribution is 4.90. The second-order valence-electron chi connectivity index (χ2n) is 5.20. The Morgan fingerprint density at radius 2 is 2.14 bits per heavy atom. The summed E-state index contributed by atoms with van der Waals surface area (Å²) in [4.78, 5) is 2.52. The summed E-state index contributed by atoms with van der Waals surface area (Å²) in [6, 6.07) is 0.626. The number of nitrogens with zero attached hydrogens (tertiary/aromatic N) is 1. The van der Waals surface area contributed by atoms with E-state index in [-0.39, 0.29) is 0 Å². The standard InChI is InChI=1S/C12H24N2/c1-5-6-8-14-9-7-13-11(10-14)12(2,3)4/h5-6,11,13H,7-10H2,1-4H3/b6-5+. The van der Waals surface area contributed by atoms with E-state index in [9.17, 15) is 0 Å². The molecule has 1 aliphatic heterocycles. The molecule has 1 unspecified atom stereocenters. The molecule has 82 valence electrons. The largest absolute Gasteiger partial charge is 0.311 e. The van der Waals surface area contributed by atoms with Gasteiger partial charge >= 0.3 is 0 Å². The average Bonchev–Trinajstić information content (AvgIpc) is 2.14. The van der Waals surface area contributed by atoms with Gasteiger partial charge in [-0.1, -0.05) is 32.9 Å². The van der Waals surface area contributed by atoms with Gasteiger partial charge in [0.1, 0.15) is 0 Å². The van der Waals surface area contributed by atoms with Crippen LogP contribution in [-0.2, 0) is 0 Å². The first-order valence-corrected chi connectivity index (χ1v) is 5.61. The van der Waals surface area contributed by atoms with Crippen molar-refractivity contribution in [2.45, 2.75) is 33.7 Å². The lowest BCUT2D eigenvalue weighted by Gasteiger charge is -2.40. The summed E-state index contributed by atoms with van der Waals surface area (Å²) >= 11 is 0. The Balaban J connectivity index is 2.43. The van der Waals surface area contributed by atoms with Crippen molar-refractivity contribution in [3.05, 3.63) is 12.2 Å². The molecule has 0 radical (unpaired) electrons. The van der Waals surface area contributed by atoms with Crippen molar-refractivity contribution < 1.29 is 0 Å². The van der Waals surface area contributed by atoms with Crippen molar-refractivity contribution in [2.75, 3.05) is 26.2 Å². The highest BCUT2D eigenvalue weighted by atomic mass is 15.2. The minimum Gasteiger partial charge on any atom is -0.311 e. The fourth-order valence-corrected chi connectivity index (χ4v) is 1.81. The highest BCUT2D eigenvalue weighted by Crippen LogP contribution is 2.21. The van der Waals surface area contributed by atoms with Crippen LogP contribution in [0.3, 0.4) is 0 Å². The molecule has 0 saturated carbocycles. The maximum Gasteiger partial charge on any atom is 0.0244 e. The SMILES string of the molecule is C/C=C/CN1CCNC(C(C)(C)C)C1. The molecular weight excluding hydrogens is 172 g/mol. The van der Waals surface area contributed by atoms with Crippen molar-refractivity contribution in [3.8, 4) is 0 Å². The molecule has 2 nitrogen and oxygen atoms in total. The molecule has 1 rings (SSSR count). The van der Waals surface area contributed by atoms with Gasteiger partial charge in [-0.2, -0.15) is 0 Å². The molecule has 0 aliphatic carbocycles. The van der Waals surface area contributed by atoms with Gasteiger partial charge in [0, 0.05) is 32.2 Å². The smallest absolute Gasteiger partial charge is 0.0244 e. The van der Waals surface area contributed by atoms with Crippen LogP contribution < -0.4 is 5.32 Å². The van der Waals surface area contributed by atoms with Gasteiger partial charge in [0.05, 0.1) is 0 Å². The predicted molar refractivity (Wildman–Crippen MR) is 62.5 cm³/mol. The number of piperazine rings is 1. The lowest BCUT2D eigenvalue weighted by molar-refractivity contribution is 0.144. The number of allylic oxidation sites excluding steroid dienone is 1. The lowest BCUT2D eigenvalue weighted by atomic mass is 9.85. The molecule has 1 N–H and O–H groups in total. The summed E-state index contributed by atoms with van der Waals surface area (Å²) < 4.78 is 0. The molecule has 1 fully saturated rings. The number of hydrogen-bond donors (Lipinski definition) is 1. The van der Waals surface area contributed by atoms with Crippen LogP contribution in [0, 0.1) is 5.41 Å². The van der Waals surface area contributed by atoms with Crippen LogP contribution in [0.2, 0.25) is 0 Å². The third-order valence-electron chi connectivity index (χ3n) is 2.90. The predicted octanol–water partition coefficient (Wildman–Crippen LogP) is 1.88. The Bertz CT molecular complexity index is 191. The van der Waals surface area contributed by atoms with Crippen LogP contribution in [0.25, 0.3) is 0 Å². The zero-order valence-corrected chi connectivity index (χ0v) is 10.0. The van der Waals surface area contributed by atoms with Crippen LogP contribution in [0.4, 0.5) is 0 Å². The van der Waals surface area contributed by atoms with Gasteiger partial charge in [-0.15, -0.1) is 0 Å². The normalized spacial score (nSPS) is 25.9. The summed E-state index contributed by atoms with van der Waals surface area (Å²) in [5, 5.41) is 3.60.